The fourth-order valence-electron chi connectivity index (χ4n) is 2.25. The van der Waals surface area contributed by atoms with Gasteiger partial charge in [0, 0.05) is 11.1 Å². The van der Waals surface area contributed by atoms with Crippen molar-refractivity contribution < 1.29 is 4.74 Å². The maximum Gasteiger partial charge on any atom is 0.123 e. The fourth-order valence-corrected chi connectivity index (χ4v) is 2.42. The van der Waals surface area contributed by atoms with E-state index >= 15 is 0 Å². The number of ether oxygens (including phenoxy) is 1. The summed E-state index contributed by atoms with van der Waals surface area (Å²) < 4.78 is 5.93. The van der Waals surface area contributed by atoms with Gasteiger partial charge in [0.2, 0.25) is 0 Å². The molecule has 2 nitrogen and oxygen atoms in total. The third-order valence-corrected chi connectivity index (χ3v) is 3.90. The maximum atomic E-state index is 6.23. The van der Waals surface area contributed by atoms with Crippen LogP contribution >= 0.6 is 11.6 Å². The van der Waals surface area contributed by atoms with Crippen LogP contribution in [0.25, 0.3) is 0 Å². The molecular formula is C13H18ClNO. The van der Waals surface area contributed by atoms with Crippen molar-refractivity contribution in [3.63, 3.8) is 0 Å². The molecule has 0 spiro atoms. The minimum Gasteiger partial charge on any atom is -0.489 e. The van der Waals surface area contributed by atoms with Crippen molar-refractivity contribution in [2.75, 3.05) is 0 Å². The van der Waals surface area contributed by atoms with Gasteiger partial charge in [0.25, 0.3) is 0 Å². The van der Waals surface area contributed by atoms with Crippen molar-refractivity contribution in [2.24, 2.45) is 5.73 Å². The molecule has 2 unspecified atom stereocenters. The molecule has 0 fully saturated rings. The van der Waals surface area contributed by atoms with Crippen LogP contribution in [0.5, 0.6) is 5.75 Å². The van der Waals surface area contributed by atoms with Crippen molar-refractivity contribution in [2.45, 2.75) is 45.8 Å². The van der Waals surface area contributed by atoms with Crippen LogP contribution in [0.3, 0.4) is 0 Å². The number of halogens is 1. The Hall–Kier alpha value is -0.730. The van der Waals surface area contributed by atoms with Crippen molar-refractivity contribution in [1.29, 1.82) is 0 Å². The lowest BCUT2D eigenvalue weighted by Crippen LogP contribution is -2.39. The summed E-state index contributed by atoms with van der Waals surface area (Å²) in [5, 5.41) is 0.863. The zero-order valence-electron chi connectivity index (χ0n) is 10.0. The molecule has 2 atom stereocenters. The standard InChI is InChI=1S/C13H18ClNO/c1-7-6-12-10(8(2)13(7)14)4-5-11(16-12)9(3)15/h6,9,11H,4-5,15H2,1-3H3. The molecule has 0 saturated heterocycles. The lowest BCUT2D eigenvalue weighted by Gasteiger charge is -2.30. The molecule has 0 radical (unpaired) electrons. The van der Waals surface area contributed by atoms with E-state index in [-0.39, 0.29) is 12.1 Å². The Morgan fingerprint density at radius 2 is 2.19 bits per heavy atom. The molecule has 3 heteroatoms. The van der Waals surface area contributed by atoms with E-state index < -0.39 is 0 Å². The number of fused-ring (bicyclic) bond motifs is 1. The van der Waals surface area contributed by atoms with Crippen LogP contribution in [0.15, 0.2) is 6.07 Å². The third-order valence-electron chi connectivity index (χ3n) is 3.32. The first-order chi connectivity index (χ1) is 7.50. The lowest BCUT2D eigenvalue weighted by atomic mass is 9.94. The van der Waals surface area contributed by atoms with Gasteiger partial charge >= 0.3 is 0 Å². The molecule has 0 saturated carbocycles. The fraction of sp³-hybridized carbons (Fsp3) is 0.538. The predicted octanol–water partition coefficient (Wildman–Crippen LogP) is 3.00. The van der Waals surface area contributed by atoms with Gasteiger partial charge in [-0.25, -0.2) is 0 Å². The first-order valence-electron chi connectivity index (χ1n) is 5.71. The van der Waals surface area contributed by atoms with Gasteiger partial charge in [0.05, 0.1) is 0 Å². The van der Waals surface area contributed by atoms with Crippen LogP contribution in [0.1, 0.15) is 30.0 Å². The normalized spacial score (nSPS) is 21.2. The van der Waals surface area contributed by atoms with Crippen LogP contribution in [-0.2, 0) is 6.42 Å². The van der Waals surface area contributed by atoms with Gasteiger partial charge < -0.3 is 10.5 Å². The van der Waals surface area contributed by atoms with E-state index in [9.17, 15) is 0 Å². The SMILES string of the molecule is Cc1cc2c(c(C)c1Cl)CCC(C(C)N)O2. The number of rotatable bonds is 1. The molecule has 0 aromatic heterocycles. The molecule has 2 rings (SSSR count). The number of aryl methyl sites for hydroxylation is 1. The van der Waals surface area contributed by atoms with Gasteiger partial charge in [0.15, 0.2) is 0 Å². The van der Waals surface area contributed by atoms with Crippen molar-refractivity contribution in [3.8, 4) is 5.75 Å². The zero-order valence-corrected chi connectivity index (χ0v) is 10.8. The highest BCUT2D eigenvalue weighted by Crippen LogP contribution is 2.36. The van der Waals surface area contributed by atoms with Crippen molar-refractivity contribution in [1.82, 2.24) is 0 Å². The highest BCUT2D eigenvalue weighted by Gasteiger charge is 2.25. The van der Waals surface area contributed by atoms with Crippen LogP contribution in [0.4, 0.5) is 0 Å². The minimum atomic E-state index is 0.0736. The quantitative estimate of drug-likeness (QED) is 0.818. The van der Waals surface area contributed by atoms with Crippen LogP contribution in [-0.4, -0.2) is 12.1 Å². The highest BCUT2D eigenvalue weighted by molar-refractivity contribution is 6.32. The van der Waals surface area contributed by atoms with Gasteiger partial charge in [-0.1, -0.05) is 11.6 Å². The Kier molecular flexibility index (Phi) is 3.13. The Labute approximate surface area is 102 Å². The number of hydrogen-bond donors (Lipinski definition) is 1. The first-order valence-corrected chi connectivity index (χ1v) is 6.09. The van der Waals surface area contributed by atoms with E-state index in [4.69, 9.17) is 22.1 Å². The van der Waals surface area contributed by atoms with Crippen LogP contribution < -0.4 is 10.5 Å². The minimum absolute atomic E-state index is 0.0736. The summed E-state index contributed by atoms with van der Waals surface area (Å²) in [5.41, 5.74) is 9.35. The van der Waals surface area contributed by atoms with Crippen molar-refractivity contribution >= 4 is 11.6 Å². The van der Waals surface area contributed by atoms with Gasteiger partial charge in [-0.15, -0.1) is 0 Å². The lowest BCUT2D eigenvalue weighted by molar-refractivity contribution is 0.151. The van der Waals surface area contributed by atoms with Gasteiger partial charge in [-0.05, 0) is 56.4 Å². The van der Waals surface area contributed by atoms with E-state index in [1.54, 1.807) is 0 Å². The second-order valence-electron chi connectivity index (χ2n) is 4.66. The summed E-state index contributed by atoms with van der Waals surface area (Å²) in [4.78, 5) is 0. The Morgan fingerprint density at radius 3 is 2.81 bits per heavy atom. The van der Waals surface area contributed by atoms with E-state index in [2.05, 4.69) is 6.92 Å². The van der Waals surface area contributed by atoms with Crippen LogP contribution in [0.2, 0.25) is 5.02 Å². The maximum absolute atomic E-state index is 6.23. The molecule has 0 bridgehead atoms. The van der Waals surface area contributed by atoms with Gasteiger partial charge in [-0.3, -0.25) is 0 Å². The van der Waals surface area contributed by atoms with E-state index in [1.165, 1.54) is 5.56 Å². The smallest absolute Gasteiger partial charge is 0.123 e. The second kappa shape index (κ2) is 4.27. The Bertz CT molecular complexity index is 415. The molecule has 1 heterocycles. The number of nitrogens with two attached hydrogens (primary N) is 1. The van der Waals surface area contributed by atoms with Gasteiger partial charge in [-0.2, -0.15) is 0 Å². The predicted molar refractivity (Wildman–Crippen MR) is 67.3 cm³/mol. The summed E-state index contributed by atoms with van der Waals surface area (Å²) in [6.45, 7) is 6.06. The van der Waals surface area contributed by atoms with E-state index in [0.29, 0.717) is 0 Å². The first kappa shape index (κ1) is 11.7. The zero-order chi connectivity index (χ0) is 11.9. The molecule has 1 aromatic carbocycles. The number of hydrogen-bond acceptors (Lipinski definition) is 2. The Morgan fingerprint density at radius 1 is 1.50 bits per heavy atom. The topological polar surface area (TPSA) is 35.2 Å². The second-order valence-corrected chi connectivity index (χ2v) is 5.04. The molecule has 0 aliphatic carbocycles. The Balaban J connectivity index is 2.40. The molecule has 16 heavy (non-hydrogen) atoms. The third kappa shape index (κ3) is 1.92. The summed E-state index contributed by atoms with van der Waals surface area (Å²) in [6, 6.07) is 2.10. The monoisotopic (exact) mass is 239 g/mol. The summed E-state index contributed by atoms with van der Waals surface area (Å²) in [7, 11) is 0. The molecule has 88 valence electrons. The average molecular weight is 240 g/mol. The number of benzene rings is 1. The molecule has 1 aromatic rings. The molecule has 1 aliphatic heterocycles. The largest absolute Gasteiger partial charge is 0.489 e. The average Bonchev–Trinajstić information content (AvgIpc) is 2.25. The van der Waals surface area contributed by atoms with Gasteiger partial charge in [0.1, 0.15) is 11.9 Å². The molecule has 2 N–H and O–H groups in total. The summed E-state index contributed by atoms with van der Waals surface area (Å²) in [6.07, 6.45) is 2.12. The molecule has 0 amide bonds. The molecule has 1 aliphatic rings. The van der Waals surface area contributed by atoms with Crippen LogP contribution in [0, 0.1) is 13.8 Å². The summed E-state index contributed by atoms with van der Waals surface area (Å²) >= 11 is 6.23. The van der Waals surface area contributed by atoms with E-state index in [1.807, 2.05) is 19.9 Å². The summed E-state index contributed by atoms with van der Waals surface area (Å²) in [5.74, 6) is 0.966. The molecular weight excluding hydrogens is 222 g/mol. The van der Waals surface area contributed by atoms with Crippen molar-refractivity contribution in [3.05, 3.63) is 27.8 Å². The highest BCUT2D eigenvalue weighted by atomic mass is 35.5. The van der Waals surface area contributed by atoms with E-state index in [0.717, 1.165) is 34.7 Å².